The van der Waals surface area contributed by atoms with Crippen molar-refractivity contribution in [2.24, 2.45) is 0 Å². The summed E-state index contributed by atoms with van der Waals surface area (Å²) < 4.78 is 14.4. The van der Waals surface area contributed by atoms with Crippen LogP contribution in [-0.2, 0) is 11.2 Å². The first kappa shape index (κ1) is 14.7. The first-order valence-electron chi connectivity index (χ1n) is 6.35. The van der Waals surface area contributed by atoms with Crippen molar-refractivity contribution in [1.82, 2.24) is 5.32 Å². The predicted molar refractivity (Wildman–Crippen MR) is 80.8 cm³/mol. The van der Waals surface area contributed by atoms with Gasteiger partial charge < -0.3 is 5.32 Å². The van der Waals surface area contributed by atoms with E-state index in [1.165, 1.54) is 6.07 Å². The van der Waals surface area contributed by atoms with E-state index in [-0.39, 0.29) is 24.2 Å². The van der Waals surface area contributed by atoms with Gasteiger partial charge in [-0.25, -0.2) is 4.39 Å². The van der Waals surface area contributed by atoms with Crippen molar-refractivity contribution in [3.05, 3.63) is 69.9 Å². The number of benzene rings is 2. The van der Waals surface area contributed by atoms with Crippen LogP contribution in [0.15, 0.2) is 53.0 Å². The molecule has 0 saturated heterocycles. The van der Waals surface area contributed by atoms with Crippen molar-refractivity contribution in [2.75, 3.05) is 0 Å². The SMILES string of the molecule is CC(NC(=O)Cc1ccccc1F)c1ccccc1Br. The van der Waals surface area contributed by atoms with Gasteiger partial charge >= 0.3 is 0 Å². The lowest BCUT2D eigenvalue weighted by Gasteiger charge is -2.16. The van der Waals surface area contributed by atoms with E-state index in [4.69, 9.17) is 0 Å². The molecule has 0 bridgehead atoms. The molecule has 1 atom stereocenters. The van der Waals surface area contributed by atoms with Crippen LogP contribution in [0.5, 0.6) is 0 Å². The number of carbonyl (C=O) groups excluding carboxylic acids is 1. The molecular formula is C16H15BrFNO. The largest absolute Gasteiger partial charge is 0.349 e. The van der Waals surface area contributed by atoms with Crippen LogP contribution in [0, 0.1) is 5.82 Å². The summed E-state index contributed by atoms with van der Waals surface area (Å²) >= 11 is 3.45. The molecule has 4 heteroatoms. The van der Waals surface area contributed by atoms with Gasteiger partial charge in [0.1, 0.15) is 5.82 Å². The number of hydrogen-bond donors (Lipinski definition) is 1. The molecule has 0 aliphatic carbocycles. The summed E-state index contributed by atoms with van der Waals surface area (Å²) in [5, 5.41) is 2.88. The van der Waals surface area contributed by atoms with Gasteiger partial charge in [-0.1, -0.05) is 52.3 Å². The Morgan fingerprint density at radius 2 is 1.85 bits per heavy atom. The van der Waals surface area contributed by atoms with Crippen molar-refractivity contribution in [1.29, 1.82) is 0 Å². The van der Waals surface area contributed by atoms with Crippen LogP contribution in [0.4, 0.5) is 4.39 Å². The number of nitrogens with one attached hydrogen (secondary N) is 1. The summed E-state index contributed by atoms with van der Waals surface area (Å²) in [7, 11) is 0. The second-order valence-electron chi connectivity index (χ2n) is 4.58. The van der Waals surface area contributed by atoms with Gasteiger partial charge in [0, 0.05) is 4.47 Å². The summed E-state index contributed by atoms with van der Waals surface area (Å²) in [5.74, 6) is -0.547. The van der Waals surface area contributed by atoms with Crippen molar-refractivity contribution in [2.45, 2.75) is 19.4 Å². The minimum atomic E-state index is -0.351. The van der Waals surface area contributed by atoms with Crippen molar-refractivity contribution in [3.63, 3.8) is 0 Å². The van der Waals surface area contributed by atoms with Gasteiger partial charge in [-0.2, -0.15) is 0 Å². The second-order valence-corrected chi connectivity index (χ2v) is 5.43. The third-order valence-corrected chi connectivity index (χ3v) is 3.78. The van der Waals surface area contributed by atoms with E-state index < -0.39 is 0 Å². The molecule has 0 saturated carbocycles. The molecule has 0 radical (unpaired) electrons. The Balaban J connectivity index is 2.02. The molecule has 1 N–H and O–H groups in total. The van der Waals surface area contributed by atoms with Crippen LogP contribution in [0.1, 0.15) is 24.1 Å². The number of rotatable bonds is 4. The van der Waals surface area contributed by atoms with E-state index >= 15 is 0 Å². The number of hydrogen-bond acceptors (Lipinski definition) is 1. The third-order valence-electron chi connectivity index (χ3n) is 3.06. The van der Waals surface area contributed by atoms with Gasteiger partial charge in [0.05, 0.1) is 12.5 Å². The fourth-order valence-electron chi connectivity index (χ4n) is 2.01. The van der Waals surface area contributed by atoms with Crippen LogP contribution in [0.3, 0.4) is 0 Å². The molecular weight excluding hydrogens is 321 g/mol. The Hall–Kier alpha value is -1.68. The average Bonchev–Trinajstić information content (AvgIpc) is 2.41. The molecule has 0 heterocycles. The fraction of sp³-hybridized carbons (Fsp3) is 0.188. The molecule has 0 spiro atoms. The summed E-state index contributed by atoms with van der Waals surface area (Å²) in [5.41, 5.74) is 1.40. The van der Waals surface area contributed by atoms with E-state index in [1.807, 2.05) is 31.2 Å². The Labute approximate surface area is 126 Å². The zero-order valence-corrected chi connectivity index (χ0v) is 12.7. The first-order valence-corrected chi connectivity index (χ1v) is 7.14. The number of carbonyl (C=O) groups is 1. The highest BCUT2D eigenvalue weighted by atomic mass is 79.9. The van der Waals surface area contributed by atoms with Gasteiger partial charge in [-0.05, 0) is 30.2 Å². The second kappa shape index (κ2) is 6.66. The first-order chi connectivity index (χ1) is 9.58. The molecule has 2 aromatic carbocycles. The van der Waals surface area contributed by atoms with E-state index in [0.717, 1.165) is 10.0 Å². The fourth-order valence-corrected chi connectivity index (χ4v) is 2.64. The Morgan fingerprint density at radius 3 is 2.55 bits per heavy atom. The lowest BCUT2D eigenvalue weighted by molar-refractivity contribution is -0.121. The zero-order valence-electron chi connectivity index (χ0n) is 11.1. The lowest BCUT2D eigenvalue weighted by atomic mass is 10.1. The van der Waals surface area contributed by atoms with Gasteiger partial charge in [0.15, 0.2) is 0 Å². The molecule has 0 aliphatic heterocycles. The van der Waals surface area contributed by atoms with E-state index in [0.29, 0.717) is 5.56 Å². The number of amides is 1. The summed E-state index contributed by atoms with van der Waals surface area (Å²) in [4.78, 5) is 12.0. The Morgan fingerprint density at radius 1 is 1.20 bits per heavy atom. The third kappa shape index (κ3) is 3.67. The van der Waals surface area contributed by atoms with Crippen molar-refractivity contribution < 1.29 is 9.18 Å². The van der Waals surface area contributed by atoms with E-state index in [2.05, 4.69) is 21.2 Å². The normalized spacial score (nSPS) is 11.9. The van der Waals surface area contributed by atoms with Crippen LogP contribution in [0.2, 0.25) is 0 Å². The maximum Gasteiger partial charge on any atom is 0.225 e. The minimum Gasteiger partial charge on any atom is -0.349 e. The highest BCUT2D eigenvalue weighted by Crippen LogP contribution is 2.22. The smallest absolute Gasteiger partial charge is 0.225 e. The van der Waals surface area contributed by atoms with Crippen molar-refractivity contribution >= 4 is 21.8 Å². The van der Waals surface area contributed by atoms with E-state index in [9.17, 15) is 9.18 Å². The summed E-state index contributed by atoms with van der Waals surface area (Å²) in [6.07, 6.45) is 0.0431. The molecule has 2 rings (SSSR count). The van der Waals surface area contributed by atoms with Crippen LogP contribution >= 0.6 is 15.9 Å². The molecule has 20 heavy (non-hydrogen) atoms. The standard InChI is InChI=1S/C16H15BrFNO/c1-11(13-7-3-4-8-14(13)17)19-16(20)10-12-6-2-5-9-15(12)18/h2-9,11H,10H2,1H3,(H,19,20). The Kier molecular flexibility index (Phi) is 4.90. The molecule has 104 valence electrons. The van der Waals surface area contributed by atoms with E-state index in [1.54, 1.807) is 18.2 Å². The van der Waals surface area contributed by atoms with Gasteiger partial charge in [0.25, 0.3) is 0 Å². The average molecular weight is 336 g/mol. The van der Waals surface area contributed by atoms with Crippen LogP contribution < -0.4 is 5.32 Å². The van der Waals surface area contributed by atoms with Gasteiger partial charge in [-0.3, -0.25) is 4.79 Å². The maximum absolute atomic E-state index is 13.5. The molecule has 0 aliphatic rings. The monoisotopic (exact) mass is 335 g/mol. The number of halogens is 2. The molecule has 0 fully saturated rings. The minimum absolute atomic E-state index is 0.0431. The van der Waals surface area contributed by atoms with Crippen LogP contribution in [0.25, 0.3) is 0 Å². The van der Waals surface area contributed by atoms with Gasteiger partial charge in [-0.15, -0.1) is 0 Å². The molecule has 2 aromatic rings. The maximum atomic E-state index is 13.5. The highest BCUT2D eigenvalue weighted by Gasteiger charge is 2.13. The van der Waals surface area contributed by atoms with Crippen LogP contribution in [-0.4, -0.2) is 5.91 Å². The Bertz CT molecular complexity index is 615. The molecule has 2 nitrogen and oxygen atoms in total. The summed E-state index contributed by atoms with van der Waals surface area (Å²) in [6.45, 7) is 1.90. The molecule has 1 unspecified atom stereocenters. The molecule has 0 aromatic heterocycles. The quantitative estimate of drug-likeness (QED) is 0.898. The van der Waals surface area contributed by atoms with Crippen molar-refractivity contribution in [3.8, 4) is 0 Å². The zero-order chi connectivity index (χ0) is 14.5. The predicted octanol–water partition coefficient (Wildman–Crippen LogP) is 4.01. The summed E-state index contributed by atoms with van der Waals surface area (Å²) in [6, 6.07) is 13.9. The topological polar surface area (TPSA) is 29.1 Å². The van der Waals surface area contributed by atoms with Gasteiger partial charge in [0.2, 0.25) is 5.91 Å². The lowest BCUT2D eigenvalue weighted by Crippen LogP contribution is -2.28. The highest BCUT2D eigenvalue weighted by molar-refractivity contribution is 9.10. The molecule has 1 amide bonds.